The Bertz CT molecular complexity index is 159. The lowest BCUT2D eigenvalue weighted by atomic mass is 9.86. The molecular weight excluding hydrogens is 193 g/mol. The molecule has 0 radical (unpaired) electrons. The molecular formula is C10H17F3O. The van der Waals surface area contributed by atoms with Crippen molar-refractivity contribution in [1.82, 2.24) is 0 Å². The summed E-state index contributed by atoms with van der Waals surface area (Å²) in [6, 6.07) is 0. The first-order chi connectivity index (χ1) is 6.55. The highest BCUT2D eigenvalue weighted by Gasteiger charge is 2.43. The lowest BCUT2D eigenvalue weighted by molar-refractivity contribution is -0.199. The maximum atomic E-state index is 12.5. The Balaban J connectivity index is 2.58. The Kier molecular flexibility index (Phi) is 4.23. The smallest absolute Gasteiger partial charge is 0.394 e. The zero-order valence-electron chi connectivity index (χ0n) is 8.19. The van der Waals surface area contributed by atoms with E-state index in [9.17, 15) is 13.2 Å². The third kappa shape index (κ3) is 3.15. The van der Waals surface area contributed by atoms with Crippen LogP contribution in [-0.4, -0.2) is 17.9 Å². The van der Waals surface area contributed by atoms with Crippen LogP contribution in [0.15, 0.2) is 0 Å². The van der Waals surface area contributed by atoms with E-state index in [1.165, 1.54) is 0 Å². The zero-order valence-corrected chi connectivity index (χ0v) is 8.19. The van der Waals surface area contributed by atoms with Gasteiger partial charge >= 0.3 is 6.18 Å². The van der Waals surface area contributed by atoms with Crippen LogP contribution in [0.25, 0.3) is 0 Å². The van der Waals surface area contributed by atoms with Crippen molar-refractivity contribution in [2.75, 3.05) is 6.61 Å². The Hall–Kier alpha value is -0.250. The molecule has 0 heterocycles. The molecule has 0 amide bonds. The van der Waals surface area contributed by atoms with Gasteiger partial charge in [-0.05, 0) is 18.8 Å². The minimum atomic E-state index is -4.23. The van der Waals surface area contributed by atoms with Gasteiger partial charge in [-0.1, -0.05) is 25.7 Å². The summed E-state index contributed by atoms with van der Waals surface area (Å²) in [6.45, 7) is -0.756. The second-order valence-electron chi connectivity index (χ2n) is 4.08. The fourth-order valence-electron chi connectivity index (χ4n) is 2.23. The Labute approximate surface area is 82.3 Å². The number of halogens is 3. The summed E-state index contributed by atoms with van der Waals surface area (Å²) in [5.41, 5.74) is 0. The first-order valence-corrected chi connectivity index (χ1v) is 5.23. The average Bonchev–Trinajstić information content (AvgIpc) is 2.31. The van der Waals surface area contributed by atoms with Gasteiger partial charge in [0.2, 0.25) is 0 Å². The number of hydrogen-bond donors (Lipinski definition) is 1. The predicted octanol–water partition coefficient (Wildman–Crippen LogP) is 3.13. The molecule has 0 spiro atoms. The number of hydrogen-bond acceptors (Lipinski definition) is 1. The van der Waals surface area contributed by atoms with Crippen molar-refractivity contribution >= 4 is 0 Å². The number of aliphatic hydroxyl groups is 1. The normalized spacial score (nSPS) is 23.1. The molecule has 0 aliphatic heterocycles. The molecule has 84 valence electrons. The molecule has 0 aromatic rings. The molecule has 14 heavy (non-hydrogen) atoms. The van der Waals surface area contributed by atoms with E-state index in [0.717, 1.165) is 25.7 Å². The molecule has 1 aliphatic carbocycles. The van der Waals surface area contributed by atoms with Gasteiger partial charge in [0.15, 0.2) is 0 Å². The third-order valence-corrected chi connectivity index (χ3v) is 3.09. The standard InChI is InChI=1S/C10H17F3O/c11-10(12,13)9(7-14)8-5-3-1-2-4-6-8/h8-9,14H,1-7H2. The van der Waals surface area contributed by atoms with Crippen molar-refractivity contribution in [2.45, 2.75) is 44.7 Å². The van der Waals surface area contributed by atoms with Gasteiger partial charge < -0.3 is 5.11 Å². The van der Waals surface area contributed by atoms with E-state index in [0.29, 0.717) is 12.8 Å². The second kappa shape index (κ2) is 5.01. The van der Waals surface area contributed by atoms with Gasteiger partial charge in [0.1, 0.15) is 0 Å². The lowest BCUT2D eigenvalue weighted by Crippen LogP contribution is -2.33. The van der Waals surface area contributed by atoms with Crippen molar-refractivity contribution in [3.05, 3.63) is 0 Å². The van der Waals surface area contributed by atoms with Crippen LogP contribution >= 0.6 is 0 Å². The van der Waals surface area contributed by atoms with Crippen LogP contribution < -0.4 is 0 Å². The van der Waals surface area contributed by atoms with E-state index in [4.69, 9.17) is 5.11 Å². The maximum Gasteiger partial charge on any atom is 0.394 e. The van der Waals surface area contributed by atoms with Gasteiger partial charge in [-0.2, -0.15) is 13.2 Å². The first kappa shape index (κ1) is 11.8. The third-order valence-electron chi connectivity index (χ3n) is 3.09. The SMILES string of the molecule is OCC(C1CCCCCC1)C(F)(F)F. The van der Waals surface area contributed by atoms with E-state index in [1.807, 2.05) is 0 Å². The summed E-state index contributed by atoms with van der Waals surface area (Å²) in [5.74, 6) is -1.86. The topological polar surface area (TPSA) is 20.2 Å². The molecule has 1 fully saturated rings. The molecule has 1 aliphatic rings. The highest BCUT2D eigenvalue weighted by atomic mass is 19.4. The molecule has 1 nitrogen and oxygen atoms in total. The highest BCUT2D eigenvalue weighted by molar-refractivity contribution is 4.77. The van der Waals surface area contributed by atoms with Crippen LogP contribution in [0.2, 0.25) is 0 Å². The van der Waals surface area contributed by atoms with Gasteiger partial charge in [0.05, 0.1) is 12.5 Å². The van der Waals surface area contributed by atoms with Crippen molar-refractivity contribution in [1.29, 1.82) is 0 Å². The lowest BCUT2D eigenvalue weighted by Gasteiger charge is -2.26. The summed E-state index contributed by atoms with van der Waals surface area (Å²) >= 11 is 0. The molecule has 0 aromatic heterocycles. The fraction of sp³-hybridized carbons (Fsp3) is 1.00. The summed E-state index contributed by atoms with van der Waals surface area (Å²) in [7, 11) is 0. The molecule has 0 bridgehead atoms. The molecule has 1 atom stereocenters. The molecule has 1 unspecified atom stereocenters. The molecule has 1 saturated carbocycles. The van der Waals surface area contributed by atoms with Crippen LogP contribution in [0.3, 0.4) is 0 Å². The first-order valence-electron chi connectivity index (χ1n) is 5.23. The van der Waals surface area contributed by atoms with Gasteiger partial charge in [-0.15, -0.1) is 0 Å². The maximum absolute atomic E-state index is 12.5. The van der Waals surface area contributed by atoms with E-state index < -0.39 is 18.7 Å². The van der Waals surface area contributed by atoms with Crippen molar-refractivity contribution in [2.24, 2.45) is 11.8 Å². The largest absolute Gasteiger partial charge is 0.396 e. The van der Waals surface area contributed by atoms with Crippen LogP contribution in [-0.2, 0) is 0 Å². The van der Waals surface area contributed by atoms with Crippen LogP contribution in [0, 0.1) is 11.8 Å². The van der Waals surface area contributed by atoms with Crippen molar-refractivity contribution in [3.8, 4) is 0 Å². The molecule has 0 aromatic carbocycles. The monoisotopic (exact) mass is 210 g/mol. The molecule has 1 N–H and O–H groups in total. The summed E-state index contributed by atoms with van der Waals surface area (Å²) < 4.78 is 37.4. The van der Waals surface area contributed by atoms with Crippen molar-refractivity contribution in [3.63, 3.8) is 0 Å². The van der Waals surface area contributed by atoms with E-state index >= 15 is 0 Å². The van der Waals surface area contributed by atoms with Crippen molar-refractivity contribution < 1.29 is 18.3 Å². The average molecular weight is 210 g/mol. The Morgan fingerprint density at radius 2 is 1.57 bits per heavy atom. The summed E-state index contributed by atoms with van der Waals surface area (Å²) in [6.07, 6.45) is 0.812. The Morgan fingerprint density at radius 1 is 1.07 bits per heavy atom. The summed E-state index contributed by atoms with van der Waals surface area (Å²) in [5, 5.41) is 8.79. The van der Waals surface area contributed by atoms with E-state index in [-0.39, 0.29) is 5.92 Å². The molecule has 0 saturated heterocycles. The summed E-state index contributed by atoms with van der Waals surface area (Å²) in [4.78, 5) is 0. The predicted molar refractivity (Wildman–Crippen MR) is 47.8 cm³/mol. The number of alkyl halides is 3. The Morgan fingerprint density at radius 3 is 1.93 bits per heavy atom. The molecule has 1 rings (SSSR count). The quantitative estimate of drug-likeness (QED) is 0.694. The molecule has 4 heteroatoms. The van der Waals surface area contributed by atoms with E-state index in [1.54, 1.807) is 0 Å². The zero-order chi connectivity index (χ0) is 10.6. The minimum Gasteiger partial charge on any atom is -0.396 e. The van der Waals surface area contributed by atoms with E-state index in [2.05, 4.69) is 0 Å². The minimum absolute atomic E-state index is 0.359. The fourth-order valence-corrected chi connectivity index (χ4v) is 2.23. The van der Waals surface area contributed by atoms with Crippen LogP contribution in [0.1, 0.15) is 38.5 Å². The van der Waals surface area contributed by atoms with Crippen LogP contribution in [0.5, 0.6) is 0 Å². The van der Waals surface area contributed by atoms with Gasteiger partial charge in [0.25, 0.3) is 0 Å². The number of rotatable bonds is 2. The second-order valence-corrected chi connectivity index (χ2v) is 4.08. The number of aliphatic hydroxyl groups excluding tert-OH is 1. The van der Waals surface area contributed by atoms with Crippen LogP contribution in [0.4, 0.5) is 13.2 Å². The van der Waals surface area contributed by atoms with Gasteiger partial charge in [-0.25, -0.2) is 0 Å². The van der Waals surface area contributed by atoms with Gasteiger partial charge in [-0.3, -0.25) is 0 Å². The van der Waals surface area contributed by atoms with Gasteiger partial charge in [0, 0.05) is 0 Å². The highest BCUT2D eigenvalue weighted by Crippen LogP contribution is 2.38.